The molecule has 2 aliphatic rings. The van der Waals surface area contributed by atoms with Gasteiger partial charge in [0.05, 0.1) is 24.2 Å². The molecule has 0 bridgehead atoms. The minimum absolute atomic E-state index is 0.0229. The molecule has 2 unspecified atom stereocenters. The normalized spacial score (nSPS) is 20.0. The number of aromatic nitrogens is 1. The molecule has 0 radical (unpaired) electrons. The van der Waals surface area contributed by atoms with Gasteiger partial charge in [0.2, 0.25) is 0 Å². The maximum atomic E-state index is 12.1. The van der Waals surface area contributed by atoms with Gasteiger partial charge in [0, 0.05) is 56.5 Å². The third-order valence-electron chi connectivity index (χ3n) is 8.43. The molecule has 2 aliphatic heterocycles. The zero-order valence-electron chi connectivity index (χ0n) is 22.3. The van der Waals surface area contributed by atoms with Gasteiger partial charge in [0.1, 0.15) is 0 Å². The Morgan fingerprint density at radius 1 is 1.08 bits per heavy atom. The quantitative estimate of drug-likeness (QED) is 0.473. The first-order chi connectivity index (χ1) is 17.3. The van der Waals surface area contributed by atoms with Crippen LogP contribution in [0.25, 0.3) is 22.0 Å². The van der Waals surface area contributed by atoms with Crippen molar-refractivity contribution < 1.29 is 14.6 Å². The summed E-state index contributed by atoms with van der Waals surface area (Å²) < 4.78 is 7.95. The van der Waals surface area contributed by atoms with E-state index in [0.29, 0.717) is 12.1 Å². The summed E-state index contributed by atoms with van der Waals surface area (Å²) in [6.07, 6.45) is 2.43. The van der Waals surface area contributed by atoms with Gasteiger partial charge in [0.15, 0.2) is 0 Å². The van der Waals surface area contributed by atoms with Crippen LogP contribution in [0.3, 0.4) is 0 Å². The summed E-state index contributed by atoms with van der Waals surface area (Å²) in [5.74, 6) is -0.787. The van der Waals surface area contributed by atoms with E-state index in [9.17, 15) is 9.90 Å². The highest BCUT2D eigenvalue weighted by Gasteiger charge is 2.32. The number of carboxylic acids is 1. The van der Waals surface area contributed by atoms with E-state index in [0.717, 1.165) is 55.0 Å². The molecule has 3 heterocycles. The average molecular weight is 490 g/mol. The van der Waals surface area contributed by atoms with Crippen LogP contribution in [-0.2, 0) is 22.5 Å². The number of likely N-dealkylation sites (tertiary alicyclic amines) is 1. The van der Waals surface area contributed by atoms with Crippen LogP contribution in [0.1, 0.15) is 42.1 Å². The van der Waals surface area contributed by atoms with E-state index in [1.54, 1.807) is 7.11 Å². The van der Waals surface area contributed by atoms with Crippen LogP contribution in [0.15, 0.2) is 30.3 Å². The lowest BCUT2D eigenvalue weighted by Gasteiger charge is -2.37. The van der Waals surface area contributed by atoms with Gasteiger partial charge in [-0.3, -0.25) is 9.69 Å². The summed E-state index contributed by atoms with van der Waals surface area (Å²) in [6.45, 7) is 13.3. The van der Waals surface area contributed by atoms with Crippen LogP contribution in [-0.4, -0.2) is 66.0 Å². The number of aryl methyl sites for hydroxylation is 2. The Labute approximate surface area is 214 Å². The Kier molecular flexibility index (Phi) is 6.84. The molecule has 6 nitrogen and oxygen atoms in total. The number of hydrogen-bond donors (Lipinski definition) is 1. The molecule has 0 saturated carbocycles. The minimum atomic E-state index is -0.787. The number of methoxy groups -OCH3 is 1. The molecular weight excluding hydrogens is 450 g/mol. The topological polar surface area (TPSA) is 57.9 Å². The molecule has 1 N–H and O–H groups in total. The zero-order chi connectivity index (χ0) is 25.6. The van der Waals surface area contributed by atoms with Crippen molar-refractivity contribution in [2.45, 2.75) is 65.6 Å². The first-order valence-corrected chi connectivity index (χ1v) is 13.2. The standard InChI is InChI=1S/C30H39N3O3/c1-19-6-9-23(10-7-19)28-25(17-27(34)35)22(4)29-30-26(28)16-21(3)33(30)15-13-31(29)12-14-32-20(2)8-11-24(32)18-36-5/h6-7,9-10,16,20,24H,8,11-15,17-18H2,1-5H3,(H,34,35). The number of anilines is 1. The van der Waals surface area contributed by atoms with Crippen molar-refractivity contribution in [3.05, 3.63) is 52.7 Å². The van der Waals surface area contributed by atoms with E-state index < -0.39 is 5.97 Å². The Bertz CT molecular complexity index is 1280. The Balaban J connectivity index is 1.61. The molecule has 0 aliphatic carbocycles. The molecule has 1 fully saturated rings. The van der Waals surface area contributed by atoms with E-state index in [1.807, 2.05) is 0 Å². The van der Waals surface area contributed by atoms with Crippen molar-refractivity contribution in [3.63, 3.8) is 0 Å². The molecule has 3 aromatic rings. The summed E-state index contributed by atoms with van der Waals surface area (Å²) in [5.41, 5.74) is 9.11. The van der Waals surface area contributed by atoms with Gasteiger partial charge in [-0.25, -0.2) is 0 Å². The highest BCUT2D eigenvalue weighted by Crippen LogP contribution is 2.45. The number of carbonyl (C=O) groups is 1. The molecule has 0 spiro atoms. The van der Waals surface area contributed by atoms with Crippen molar-refractivity contribution in [2.75, 3.05) is 38.3 Å². The van der Waals surface area contributed by atoms with E-state index >= 15 is 0 Å². The van der Waals surface area contributed by atoms with Crippen molar-refractivity contribution in [1.29, 1.82) is 0 Å². The summed E-state index contributed by atoms with van der Waals surface area (Å²) >= 11 is 0. The first-order valence-electron chi connectivity index (χ1n) is 13.2. The largest absolute Gasteiger partial charge is 0.481 e. The molecule has 0 amide bonds. The average Bonchev–Trinajstić information content (AvgIpc) is 3.36. The van der Waals surface area contributed by atoms with Crippen LogP contribution in [0.4, 0.5) is 5.69 Å². The number of hydrogen-bond acceptors (Lipinski definition) is 4. The first kappa shape index (κ1) is 24.8. The highest BCUT2D eigenvalue weighted by atomic mass is 16.5. The lowest BCUT2D eigenvalue weighted by Crippen LogP contribution is -2.44. The SMILES string of the molecule is COCC1CCC(C)N1CCN1CCn2c(C)cc3c(-c4ccc(C)cc4)c(CC(=O)O)c(C)c1c32. The third kappa shape index (κ3) is 4.31. The fourth-order valence-corrected chi connectivity index (χ4v) is 6.58. The molecule has 6 heteroatoms. The molecule has 1 saturated heterocycles. The summed E-state index contributed by atoms with van der Waals surface area (Å²) in [5, 5.41) is 11.1. The maximum Gasteiger partial charge on any atom is 0.307 e. The Hall–Kier alpha value is -2.83. The molecular formula is C30H39N3O3. The predicted octanol–water partition coefficient (Wildman–Crippen LogP) is 5.18. The molecule has 36 heavy (non-hydrogen) atoms. The van der Waals surface area contributed by atoms with Crippen molar-refractivity contribution in [2.24, 2.45) is 0 Å². The van der Waals surface area contributed by atoms with Gasteiger partial charge in [-0.05, 0) is 68.9 Å². The van der Waals surface area contributed by atoms with Crippen molar-refractivity contribution >= 4 is 22.6 Å². The Morgan fingerprint density at radius 2 is 1.83 bits per heavy atom. The van der Waals surface area contributed by atoms with Crippen molar-refractivity contribution in [3.8, 4) is 11.1 Å². The van der Waals surface area contributed by atoms with E-state index in [2.05, 4.69) is 72.4 Å². The van der Waals surface area contributed by atoms with E-state index in [4.69, 9.17) is 4.74 Å². The van der Waals surface area contributed by atoms with Gasteiger partial charge in [-0.1, -0.05) is 29.8 Å². The highest BCUT2D eigenvalue weighted by molar-refractivity contribution is 6.07. The number of aliphatic carboxylic acids is 1. The molecule has 5 rings (SSSR count). The number of rotatable bonds is 8. The lowest BCUT2D eigenvalue weighted by atomic mass is 9.88. The zero-order valence-corrected chi connectivity index (χ0v) is 22.3. The van der Waals surface area contributed by atoms with Crippen LogP contribution in [0.5, 0.6) is 0 Å². The summed E-state index contributed by atoms with van der Waals surface area (Å²) in [6, 6.07) is 11.8. The fourth-order valence-electron chi connectivity index (χ4n) is 6.58. The summed E-state index contributed by atoms with van der Waals surface area (Å²) in [7, 11) is 1.79. The Morgan fingerprint density at radius 3 is 2.53 bits per heavy atom. The van der Waals surface area contributed by atoms with Gasteiger partial charge >= 0.3 is 5.97 Å². The smallest absolute Gasteiger partial charge is 0.307 e. The molecule has 2 aromatic carbocycles. The number of carboxylic acid groups (broad SMARTS) is 1. The second-order valence-electron chi connectivity index (χ2n) is 10.7. The van der Waals surface area contributed by atoms with Gasteiger partial charge in [0.25, 0.3) is 0 Å². The van der Waals surface area contributed by atoms with Crippen LogP contribution in [0, 0.1) is 20.8 Å². The van der Waals surface area contributed by atoms with E-state index in [1.165, 1.54) is 40.7 Å². The van der Waals surface area contributed by atoms with E-state index in [-0.39, 0.29) is 6.42 Å². The monoisotopic (exact) mass is 489 g/mol. The van der Waals surface area contributed by atoms with Crippen LogP contribution < -0.4 is 4.90 Å². The number of nitrogens with zero attached hydrogens (tertiary/aromatic N) is 3. The van der Waals surface area contributed by atoms with Crippen LogP contribution >= 0.6 is 0 Å². The molecule has 1 aromatic heterocycles. The van der Waals surface area contributed by atoms with Gasteiger partial charge < -0.3 is 19.3 Å². The lowest BCUT2D eigenvalue weighted by molar-refractivity contribution is -0.136. The van der Waals surface area contributed by atoms with Crippen molar-refractivity contribution in [1.82, 2.24) is 9.47 Å². The summed E-state index contributed by atoms with van der Waals surface area (Å²) in [4.78, 5) is 17.2. The maximum absolute atomic E-state index is 12.1. The fraction of sp³-hybridized carbons (Fsp3) is 0.500. The minimum Gasteiger partial charge on any atom is -0.481 e. The second kappa shape index (κ2) is 9.91. The number of ether oxygens (including phenoxy) is 1. The predicted molar refractivity (Wildman–Crippen MR) is 146 cm³/mol. The van der Waals surface area contributed by atoms with Gasteiger partial charge in [-0.15, -0.1) is 0 Å². The van der Waals surface area contributed by atoms with Crippen LogP contribution in [0.2, 0.25) is 0 Å². The molecule has 2 atom stereocenters. The third-order valence-corrected chi connectivity index (χ3v) is 8.43. The van der Waals surface area contributed by atoms with Gasteiger partial charge in [-0.2, -0.15) is 0 Å². The molecule has 192 valence electrons. The number of benzene rings is 2. The second-order valence-corrected chi connectivity index (χ2v) is 10.7.